The summed E-state index contributed by atoms with van der Waals surface area (Å²) < 4.78 is 0. The van der Waals surface area contributed by atoms with E-state index >= 15 is 0 Å². The Bertz CT molecular complexity index is 527. The monoisotopic (exact) mass is 267 g/mol. The van der Waals surface area contributed by atoms with Crippen molar-refractivity contribution in [2.45, 2.75) is 25.4 Å². The molecule has 1 amide bonds. The van der Waals surface area contributed by atoms with Crippen molar-refractivity contribution in [1.29, 1.82) is 0 Å². The Morgan fingerprint density at radius 3 is 2.21 bits per heavy atom. The highest BCUT2D eigenvalue weighted by atomic mass is 16.7. The second-order valence-corrected chi connectivity index (χ2v) is 4.61. The molecular formula is C11H13N3O5. The van der Waals surface area contributed by atoms with E-state index in [0.717, 1.165) is 0 Å². The molecule has 2 N–H and O–H groups in total. The van der Waals surface area contributed by atoms with E-state index < -0.39 is 27.3 Å². The average molecular weight is 267 g/mol. The summed E-state index contributed by atoms with van der Waals surface area (Å²) in [6, 6.07) is 5.75. The Kier molecular flexibility index (Phi) is 3.83. The van der Waals surface area contributed by atoms with Gasteiger partial charge >= 0.3 is 6.17 Å². The molecule has 0 fully saturated rings. The molecule has 0 bridgehead atoms. The number of nitrogens with two attached hydrogens (primary N) is 1. The molecule has 0 aliphatic carbocycles. The van der Waals surface area contributed by atoms with Gasteiger partial charge < -0.3 is 5.73 Å². The molecule has 8 heteroatoms. The molecule has 102 valence electrons. The third-order valence-electron chi connectivity index (χ3n) is 2.94. The van der Waals surface area contributed by atoms with Crippen molar-refractivity contribution in [3.63, 3.8) is 0 Å². The Hall–Kier alpha value is -2.51. The van der Waals surface area contributed by atoms with Gasteiger partial charge in [-0.1, -0.05) is 12.1 Å². The number of hydrogen-bond acceptors (Lipinski definition) is 5. The van der Waals surface area contributed by atoms with E-state index in [0.29, 0.717) is 5.56 Å². The highest BCUT2D eigenvalue weighted by molar-refractivity contribution is 5.92. The summed E-state index contributed by atoms with van der Waals surface area (Å²) in [5, 5.41) is 21.7. The van der Waals surface area contributed by atoms with Gasteiger partial charge in [0, 0.05) is 5.56 Å². The summed E-state index contributed by atoms with van der Waals surface area (Å²) >= 11 is 0. The van der Waals surface area contributed by atoms with Gasteiger partial charge in [0.05, 0.1) is 9.85 Å². The average Bonchev–Trinajstić information content (AvgIpc) is 2.27. The second kappa shape index (κ2) is 5.01. The zero-order chi connectivity index (χ0) is 14.8. The molecule has 0 saturated heterocycles. The SMILES string of the molecule is CC(C)(c1cccc(C(N)=O)c1)C([N+](=O)[O-])[N+](=O)[O-]. The highest BCUT2D eigenvalue weighted by Gasteiger charge is 2.50. The van der Waals surface area contributed by atoms with Crippen LogP contribution >= 0.6 is 0 Å². The molecule has 0 spiro atoms. The Balaban J connectivity index is 3.32. The normalized spacial score (nSPS) is 11.3. The molecule has 0 atom stereocenters. The molecule has 0 saturated carbocycles. The van der Waals surface area contributed by atoms with Crippen LogP contribution in [0.4, 0.5) is 0 Å². The van der Waals surface area contributed by atoms with E-state index in [1.54, 1.807) is 0 Å². The molecule has 0 aliphatic rings. The van der Waals surface area contributed by atoms with Crippen LogP contribution < -0.4 is 5.73 Å². The van der Waals surface area contributed by atoms with Crippen molar-refractivity contribution < 1.29 is 14.6 Å². The van der Waals surface area contributed by atoms with Crippen molar-refractivity contribution in [2.75, 3.05) is 0 Å². The Morgan fingerprint density at radius 2 is 1.79 bits per heavy atom. The van der Waals surface area contributed by atoms with Gasteiger partial charge in [-0.3, -0.25) is 25.0 Å². The summed E-state index contributed by atoms with van der Waals surface area (Å²) in [6.45, 7) is 2.76. The number of primary amides is 1. The highest BCUT2D eigenvalue weighted by Crippen LogP contribution is 2.29. The van der Waals surface area contributed by atoms with Crippen LogP contribution in [0.2, 0.25) is 0 Å². The predicted molar refractivity (Wildman–Crippen MR) is 65.8 cm³/mol. The summed E-state index contributed by atoms with van der Waals surface area (Å²) in [7, 11) is 0. The molecule has 1 aromatic rings. The first kappa shape index (κ1) is 14.6. The number of rotatable bonds is 5. The molecule has 1 aromatic carbocycles. The van der Waals surface area contributed by atoms with E-state index in [1.165, 1.54) is 38.1 Å². The number of carbonyl (C=O) groups excluding carboxylic acids is 1. The van der Waals surface area contributed by atoms with Gasteiger partial charge in [-0.05, 0) is 31.5 Å². The first-order valence-electron chi connectivity index (χ1n) is 5.35. The largest absolute Gasteiger partial charge is 0.459 e. The molecule has 0 radical (unpaired) electrons. The Labute approximate surface area is 108 Å². The molecule has 0 aliphatic heterocycles. The molecule has 8 nitrogen and oxygen atoms in total. The minimum Gasteiger partial charge on any atom is -0.366 e. The van der Waals surface area contributed by atoms with Crippen LogP contribution in [0.5, 0.6) is 0 Å². The zero-order valence-electron chi connectivity index (χ0n) is 10.4. The number of benzene rings is 1. The first-order valence-corrected chi connectivity index (χ1v) is 5.35. The van der Waals surface area contributed by atoms with Gasteiger partial charge in [-0.15, -0.1) is 0 Å². The van der Waals surface area contributed by atoms with Crippen molar-refractivity contribution in [3.8, 4) is 0 Å². The lowest BCUT2D eigenvalue weighted by atomic mass is 9.81. The number of nitro groups is 2. The van der Waals surface area contributed by atoms with Gasteiger partial charge in [0.25, 0.3) is 0 Å². The van der Waals surface area contributed by atoms with Crippen molar-refractivity contribution in [3.05, 3.63) is 55.6 Å². The lowest BCUT2D eigenvalue weighted by molar-refractivity contribution is -0.753. The molecule has 19 heavy (non-hydrogen) atoms. The van der Waals surface area contributed by atoms with Gasteiger partial charge in [0.1, 0.15) is 5.41 Å². The molecule has 0 aromatic heterocycles. The third-order valence-corrected chi connectivity index (χ3v) is 2.94. The fourth-order valence-corrected chi connectivity index (χ4v) is 1.83. The van der Waals surface area contributed by atoms with Crippen LogP contribution in [0, 0.1) is 20.2 Å². The van der Waals surface area contributed by atoms with Crippen LogP contribution in [0.15, 0.2) is 24.3 Å². The maximum Gasteiger partial charge on any atom is 0.459 e. The zero-order valence-corrected chi connectivity index (χ0v) is 10.4. The quantitative estimate of drug-likeness (QED) is 0.482. The number of nitrogens with zero attached hydrogens (tertiary/aromatic N) is 2. The van der Waals surface area contributed by atoms with Crippen LogP contribution in [0.25, 0.3) is 0 Å². The molecular weight excluding hydrogens is 254 g/mol. The van der Waals surface area contributed by atoms with Crippen molar-refractivity contribution >= 4 is 5.91 Å². The van der Waals surface area contributed by atoms with Gasteiger partial charge in [-0.2, -0.15) is 0 Å². The van der Waals surface area contributed by atoms with Gasteiger partial charge in [0.15, 0.2) is 0 Å². The second-order valence-electron chi connectivity index (χ2n) is 4.61. The smallest absolute Gasteiger partial charge is 0.366 e. The fraction of sp³-hybridized carbons (Fsp3) is 0.364. The van der Waals surface area contributed by atoms with E-state index in [2.05, 4.69) is 0 Å². The maximum atomic E-state index is 11.1. The van der Waals surface area contributed by atoms with Crippen molar-refractivity contribution in [2.24, 2.45) is 5.73 Å². The van der Waals surface area contributed by atoms with E-state index in [1.807, 2.05) is 0 Å². The predicted octanol–water partition coefficient (Wildman–Crippen LogP) is 0.943. The van der Waals surface area contributed by atoms with Crippen LogP contribution in [0.3, 0.4) is 0 Å². The fourth-order valence-electron chi connectivity index (χ4n) is 1.83. The lowest BCUT2D eigenvalue weighted by Gasteiger charge is -2.22. The minimum atomic E-state index is -2.00. The van der Waals surface area contributed by atoms with Crippen molar-refractivity contribution in [1.82, 2.24) is 0 Å². The summed E-state index contributed by atoms with van der Waals surface area (Å²) in [5.74, 6) is -0.698. The van der Waals surface area contributed by atoms with Crippen LogP contribution in [-0.4, -0.2) is 21.9 Å². The summed E-state index contributed by atoms with van der Waals surface area (Å²) in [4.78, 5) is 30.9. The van der Waals surface area contributed by atoms with E-state index in [9.17, 15) is 25.0 Å². The lowest BCUT2D eigenvalue weighted by Crippen LogP contribution is -2.45. The molecule has 0 unspecified atom stereocenters. The number of amides is 1. The minimum absolute atomic E-state index is 0.149. The summed E-state index contributed by atoms with van der Waals surface area (Å²) in [6.07, 6.45) is -2.00. The Morgan fingerprint density at radius 1 is 1.26 bits per heavy atom. The number of hydrogen-bond donors (Lipinski definition) is 1. The maximum absolute atomic E-state index is 11.1. The topological polar surface area (TPSA) is 129 Å². The van der Waals surface area contributed by atoms with E-state index in [-0.39, 0.29) is 5.56 Å². The molecule has 0 heterocycles. The van der Waals surface area contributed by atoms with Gasteiger partial charge in [0.2, 0.25) is 5.91 Å². The molecule has 1 rings (SSSR count). The van der Waals surface area contributed by atoms with Crippen LogP contribution in [-0.2, 0) is 5.41 Å². The first-order chi connectivity index (χ1) is 8.67. The third kappa shape index (κ3) is 2.84. The summed E-state index contributed by atoms with van der Waals surface area (Å²) in [5.41, 5.74) is 4.20. The standard InChI is InChI=1S/C11H13N3O5/c1-11(2,10(13(16)17)14(18)19)8-5-3-4-7(6-8)9(12)15/h3-6,10H,1-2H3,(H2,12,15). The van der Waals surface area contributed by atoms with Crippen LogP contribution in [0.1, 0.15) is 29.8 Å². The van der Waals surface area contributed by atoms with Gasteiger partial charge in [-0.25, -0.2) is 0 Å². The number of carbonyl (C=O) groups is 1. The van der Waals surface area contributed by atoms with E-state index in [4.69, 9.17) is 5.73 Å².